The third kappa shape index (κ3) is 3.95. The summed E-state index contributed by atoms with van der Waals surface area (Å²) in [7, 11) is -0.497. The van der Waals surface area contributed by atoms with Crippen molar-refractivity contribution < 1.29 is 18.3 Å². The summed E-state index contributed by atoms with van der Waals surface area (Å²) in [6.07, 6.45) is 0.502. The van der Waals surface area contributed by atoms with E-state index in [9.17, 15) is 18.3 Å². The fourth-order valence-corrected chi connectivity index (χ4v) is 2.51. The molecule has 1 aromatic carbocycles. The van der Waals surface area contributed by atoms with Crippen LogP contribution in [0.5, 0.6) is 0 Å². The summed E-state index contributed by atoms with van der Waals surface area (Å²) in [5.41, 5.74) is -0.164. The van der Waals surface area contributed by atoms with Gasteiger partial charge in [-0.25, -0.2) is 12.7 Å². The van der Waals surface area contributed by atoms with Gasteiger partial charge in [0.2, 0.25) is 10.0 Å². The van der Waals surface area contributed by atoms with Gasteiger partial charge in [0, 0.05) is 26.3 Å². The second kappa shape index (κ2) is 6.44. The van der Waals surface area contributed by atoms with E-state index in [1.165, 1.54) is 26.2 Å². The quantitative estimate of drug-likeness (QED) is 0.802. The summed E-state index contributed by atoms with van der Waals surface area (Å²) >= 11 is 0. The molecule has 1 unspecified atom stereocenters. The van der Waals surface area contributed by atoms with Gasteiger partial charge in [0.15, 0.2) is 0 Å². The molecule has 0 amide bonds. The number of benzene rings is 1. The number of hydrogen-bond acceptors (Lipinski definition) is 4. The Morgan fingerprint density at radius 1 is 1.29 bits per heavy atom. The Balaban J connectivity index is 2.83. The Labute approximate surface area is 125 Å². The van der Waals surface area contributed by atoms with E-state index in [0.717, 1.165) is 4.31 Å². The Bertz CT molecular complexity index is 596. The SMILES string of the molecule is CCC(C)(CNc1ccc(S(=O)(=O)N(C)C)cc1)C(=O)O. The number of sulfonamides is 1. The van der Waals surface area contributed by atoms with E-state index in [4.69, 9.17) is 0 Å². The highest BCUT2D eigenvalue weighted by atomic mass is 32.2. The van der Waals surface area contributed by atoms with Crippen LogP contribution in [-0.4, -0.2) is 44.4 Å². The molecule has 1 rings (SSSR count). The number of nitrogens with zero attached hydrogens (tertiary/aromatic N) is 1. The summed E-state index contributed by atoms with van der Waals surface area (Å²) in [5, 5.41) is 12.2. The van der Waals surface area contributed by atoms with E-state index >= 15 is 0 Å². The van der Waals surface area contributed by atoms with Crippen molar-refractivity contribution in [3.63, 3.8) is 0 Å². The first-order valence-electron chi connectivity index (χ1n) is 6.63. The van der Waals surface area contributed by atoms with Gasteiger partial charge < -0.3 is 10.4 Å². The number of carboxylic acid groups (broad SMARTS) is 1. The van der Waals surface area contributed by atoms with Crippen molar-refractivity contribution in [1.29, 1.82) is 0 Å². The minimum atomic E-state index is -3.44. The van der Waals surface area contributed by atoms with Crippen LogP contribution >= 0.6 is 0 Å². The molecule has 0 aliphatic rings. The lowest BCUT2D eigenvalue weighted by Crippen LogP contribution is -2.34. The molecule has 0 bridgehead atoms. The third-order valence-electron chi connectivity index (χ3n) is 3.61. The molecule has 0 saturated carbocycles. The highest BCUT2D eigenvalue weighted by Crippen LogP contribution is 2.23. The maximum absolute atomic E-state index is 11.9. The van der Waals surface area contributed by atoms with Gasteiger partial charge in [0.05, 0.1) is 10.3 Å². The van der Waals surface area contributed by atoms with E-state index in [1.54, 1.807) is 19.1 Å². The van der Waals surface area contributed by atoms with Gasteiger partial charge >= 0.3 is 5.97 Å². The van der Waals surface area contributed by atoms with Gasteiger partial charge in [-0.15, -0.1) is 0 Å². The molecule has 0 saturated heterocycles. The zero-order valence-electron chi connectivity index (χ0n) is 12.8. The van der Waals surface area contributed by atoms with Crippen LogP contribution in [0.2, 0.25) is 0 Å². The molecule has 1 aromatic rings. The highest BCUT2D eigenvalue weighted by Gasteiger charge is 2.30. The molecule has 0 aliphatic carbocycles. The van der Waals surface area contributed by atoms with Gasteiger partial charge in [0.1, 0.15) is 0 Å². The normalized spacial score (nSPS) is 14.7. The molecule has 21 heavy (non-hydrogen) atoms. The van der Waals surface area contributed by atoms with E-state index < -0.39 is 21.4 Å². The minimum Gasteiger partial charge on any atom is -0.481 e. The predicted molar refractivity (Wildman–Crippen MR) is 81.8 cm³/mol. The molecule has 0 fully saturated rings. The number of aliphatic carboxylic acids is 1. The van der Waals surface area contributed by atoms with E-state index in [0.29, 0.717) is 12.1 Å². The number of rotatable bonds is 7. The first-order chi connectivity index (χ1) is 9.63. The number of nitrogens with one attached hydrogen (secondary N) is 1. The first-order valence-corrected chi connectivity index (χ1v) is 8.07. The molecule has 7 heteroatoms. The lowest BCUT2D eigenvalue weighted by Gasteiger charge is -2.24. The lowest BCUT2D eigenvalue weighted by atomic mass is 9.87. The van der Waals surface area contributed by atoms with Crippen molar-refractivity contribution in [2.75, 3.05) is 26.0 Å². The van der Waals surface area contributed by atoms with Gasteiger partial charge in [-0.1, -0.05) is 6.92 Å². The standard InChI is InChI=1S/C14H22N2O4S/c1-5-14(2,13(17)18)10-15-11-6-8-12(9-7-11)21(19,20)16(3)4/h6-9,15H,5,10H2,1-4H3,(H,17,18). The van der Waals surface area contributed by atoms with Crippen molar-refractivity contribution in [2.45, 2.75) is 25.2 Å². The molecule has 0 heterocycles. The van der Waals surface area contributed by atoms with Crippen molar-refractivity contribution in [3.8, 4) is 0 Å². The Morgan fingerprint density at radius 2 is 1.81 bits per heavy atom. The fraction of sp³-hybridized carbons (Fsp3) is 0.500. The minimum absolute atomic E-state index is 0.203. The van der Waals surface area contributed by atoms with E-state index in [-0.39, 0.29) is 11.4 Å². The van der Waals surface area contributed by atoms with Crippen molar-refractivity contribution in [2.24, 2.45) is 5.41 Å². The Kier molecular flexibility index (Phi) is 5.36. The van der Waals surface area contributed by atoms with Crippen molar-refractivity contribution in [1.82, 2.24) is 4.31 Å². The van der Waals surface area contributed by atoms with Gasteiger partial charge in [-0.05, 0) is 37.6 Å². The number of carboxylic acids is 1. The predicted octanol–water partition coefficient (Wildman–Crippen LogP) is 1.85. The average Bonchev–Trinajstić information content (AvgIpc) is 2.44. The van der Waals surface area contributed by atoms with Crippen LogP contribution in [0, 0.1) is 5.41 Å². The number of anilines is 1. The largest absolute Gasteiger partial charge is 0.481 e. The van der Waals surface area contributed by atoms with Crippen LogP contribution in [0.1, 0.15) is 20.3 Å². The summed E-state index contributed by atoms with van der Waals surface area (Å²) in [4.78, 5) is 11.4. The monoisotopic (exact) mass is 314 g/mol. The maximum atomic E-state index is 11.9. The number of carbonyl (C=O) groups is 1. The molecule has 2 N–H and O–H groups in total. The summed E-state index contributed by atoms with van der Waals surface area (Å²) in [5.74, 6) is -0.857. The van der Waals surface area contributed by atoms with E-state index in [1.807, 2.05) is 6.92 Å². The molecule has 0 aromatic heterocycles. The second-order valence-corrected chi connectivity index (χ2v) is 7.54. The zero-order valence-corrected chi connectivity index (χ0v) is 13.6. The molecule has 6 nitrogen and oxygen atoms in total. The van der Waals surface area contributed by atoms with Gasteiger partial charge in [-0.3, -0.25) is 4.79 Å². The summed E-state index contributed by atoms with van der Waals surface area (Å²) in [6.45, 7) is 3.77. The van der Waals surface area contributed by atoms with Crippen LogP contribution in [0.25, 0.3) is 0 Å². The summed E-state index contributed by atoms with van der Waals surface area (Å²) in [6, 6.07) is 6.27. The molecule has 0 spiro atoms. The highest BCUT2D eigenvalue weighted by molar-refractivity contribution is 7.89. The Morgan fingerprint density at radius 3 is 2.19 bits per heavy atom. The molecule has 0 radical (unpaired) electrons. The molecule has 1 atom stereocenters. The van der Waals surface area contributed by atoms with Crippen LogP contribution in [-0.2, 0) is 14.8 Å². The molecular weight excluding hydrogens is 292 g/mol. The van der Waals surface area contributed by atoms with Crippen LogP contribution < -0.4 is 5.32 Å². The fourth-order valence-electron chi connectivity index (χ4n) is 1.60. The average molecular weight is 314 g/mol. The Hall–Kier alpha value is -1.60. The van der Waals surface area contributed by atoms with Crippen LogP contribution in [0.3, 0.4) is 0 Å². The van der Waals surface area contributed by atoms with E-state index in [2.05, 4.69) is 5.32 Å². The lowest BCUT2D eigenvalue weighted by molar-refractivity contribution is -0.147. The maximum Gasteiger partial charge on any atom is 0.311 e. The second-order valence-electron chi connectivity index (χ2n) is 5.38. The van der Waals surface area contributed by atoms with Gasteiger partial charge in [0.25, 0.3) is 0 Å². The molecule has 118 valence electrons. The van der Waals surface area contributed by atoms with Crippen LogP contribution in [0.15, 0.2) is 29.2 Å². The number of hydrogen-bond donors (Lipinski definition) is 2. The smallest absolute Gasteiger partial charge is 0.311 e. The van der Waals surface area contributed by atoms with Crippen molar-refractivity contribution in [3.05, 3.63) is 24.3 Å². The van der Waals surface area contributed by atoms with Gasteiger partial charge in [-0.2, -0.15) is 0 Å². The first kappa shape index (κ1) is 17.5. The topological polar surface area (TPSA) is 86.7 Å². The molecular formula is C14H22N2O4S. The third-order valence-corrected chi connectivity index (χ3v) is 5.44. The summed E-state index contributed by atoms with van der Waals surface area (Å²) < 4.78 is 25.0. The zero-order chi connectivity index (χ0) is 16.3. The molecule has 0 aliphatic heterocycles. The van der Waals surface area contributed by atoms with Crippen molar-refractivity contribution >= 4 is 21.7 Å². The van der Waals surface area contributed by atoms with Crippen LogP contribution in [0.4, 0.5) is 5.69 Å².